The number of alkyl halides is 3. The number of benzene rings is 3. The summed E-state index contributed by atoms with van der Waals surface area (Å²) in [7, 11) is 0. The fourth-order valence-corrected chi connectivity index (χ4v) is 5.60. The average Bonchev–Trinajstić information content (AvgIpc) is 3.56. The third-order valence-electron chi connectivity index (χ3n) is 7.21. The van der Waals surface area contributed by atoms with Crippen LogP contribution in [0.3, 0.4) is 0 Å². The molecule has 188 valence electrons. The predicted molar refractivity (Wildman–Crippen MR) is 130 cm³/mol. The maximum Gasteiger partial charge on any atom is 0.416 e. The van der Waals surface area contributed by atoms with E-state index < -0.39 is 47.8 Å². The summed E-state index contributed by atoms with van der Waals surface area (Å²) in [5.41, 5.74) is 1.30. The standard InChI is InChI=1S/C27H21F3N4O3/c28-27(29,30)17-9-6-10-18(13-17)34-24(35)23-22-14-19(33(23)26(34)37)15-32(22)25(36)31-21-12-5-4-11-20(21)16-7-2-1-3-8-16/h1-13,19,22-23H,14-15H2,(H,31,36)/t19-,22-,23+/m0/s1. The second-order valence-corrected chi connectivity index (χ2v) is 9.31. The minimum Gasteiger partial charge on any atom is -0.317 e. The Morgan fingerprint density at radius 2 is 1.65 bits per heavy atom. The number of anilines is 2. The Morgan fingerprint density at radius 1 is 0.919 bits per heavy atom. The molecule has 3 saturated heterocycles. The van der Waals surface area contributed by atoms with Crippen molar-refractivity contribution in [3.63, 3.8) is 0 Å². The number of imide groups is 1. The zero-order valence-electron chi connectivity index (χ0n) is 19.4. The first-order valence-corrected chi connectivity index (χ1v) is 11.8. The largest absolute Gasteiger partial charge is 0.416 e. The van der Waals surface area contributed by atoms with E-state index >= 15 is 0 Å². The molecule has 3 fully saturated rings. The normalized spacial score (nSPS) is 22.6. The maximum atomic E-state index is 13.3. The Balaban J connectivity index is 1.24. The Labute approximate surface area is 210 Å². The second kappa shape index (κ2) is 8.36. The molecule has 3 aromatic rings. The molecule has 3 aliphatic rings. The van der Waals surface area contributed by atoms with E-state index in [1.807, 2.05) is 48.5 Å². The molecule has 0 saturated carbocycles. The first-order chi connectivity index (χ1) is 17.7. The van der Waals surface area contributed by atoms with Crippen LogP contribution in [0.4, 0.5) is 34.1 Å². The highest BCUT2D eigenvalue weighted by Gasteiger charge is 2.63. The van der Waals surface area contributed by atoms with Crippen molar-refractivity contribution in [1.82, 2.24) is 9.80 Å². The lowest BCUT2D eigenvalue weighted by Crippen LogP contribution is -2.55. The first-order valence-electron chi connectivity index (χ1n) is 11.8. The number of rotatable bonds is 3. The van der Waals surface area contributed by atoms with Crippen LogP contribution in [-0.2, 0) is 11.0 Å². The van der Waals surface area contributed by atoms with E-state index in [1.165, 1.54) is 17.0 Å². The molecule has 6 rings (SSSR count). The molecule has 0 radical (unpaired) electrons. The lowest BCUT2D eigenvalue weighted by atomic mass is 10.0. The van der Waals surface area contributed by atoms with Crippen molar-refractivity contribution in [2.24, 2.45) is 0 Å². The van der Waals surface area contributed by atoms with Crippen LogP contribution >= 0.6 is 0 Å². The van der Waals surface area contributed by atoms with Crippen LogP contribution in [-0.4, -0.2) is 52.4 Å². The number of para-hydroxylation sites is 1. The average molecular weight is 506 g/mol. The molecular formula is C27H21F3N4O3. The summed E-state index contributed by atoms with van der Waals surface area (Å²) in [5, 5.41) is 2.94. The van der Waals surface area contributed by atoms with Gasteiger partial charge in [0.1, 0.15) is 6.04 Å². The quantitative estimate of drug-likeness (QED) is 0.497. The summed E-state index contributed by atoms with van der Waals surface area (Å²) in [6.07, 6.45) is -4.17. The van der Waals surface area contributed by atoms with Crippen LogP contribution < -0.4 is 10.2 Å². The monoisotopic (exact) mass is 506 g/mol. The van der Waals surface area contributed by atoms with Crippen molar-refractivity contribution in [3.05, 3.63) is 84.4 Å². The fraction of sp³-hybridized carbons (Fsp3) is 0.222. The molecule has 5 amide bonds. The van der Waals surface area contributed by atoms with Gasteiger partial charge in [0.2, 0.25) is 0 Å². The minimum absolute atomic E-state index is 0.133. The van der Waals surface area contributed by atoms with Gasteiger partial charge in [0.05, 0.1) is 29.0 Å². The number of carbonyl (C=O) groups is 3. The molecule has 37 heavy (non-hydrogen) atoms. The van der Waals surface area contributed by atoms with E-state index in [4.69, 9.17) is 0 Å². The van der Waals surface area contributed by atoms with Crippen LogP contribution in [0.1, 0.15) is 12.0 Å². The number of hydrogen-bond donors (Lipinski definition) is 1. The zero-order valence-corrected chi connectivity index (χ0v) is 19.4. The third kappa shape index (κ3) is 3.71. The lowest BCUT2D eigenvalue weighted by molar-refractivity contribution is -0.137. The molecule has 3 heterocycles. The molecule has 7 nitrogen and oxygen atoms in total. The number of likely N-dealkylation sites (tertiary alicyclic amines) is 1. The van der Waals surface area contributed by atoms with Crippen molar-refractivity contribution in [2.45, 2.75) is 30.7 Å². The van der Waals surface area contributed by atoms with E-state index in [0.29, 0.717) is 12.1 Å². The van der Waals surface area contributed by atoms with Crippen LogP contribution in [0.2, 0.25) is 0 Å². The lowest BCUT2D eigenvalue weighted by Gasteiger charge is -2.35. The molecule has 0 unspecified atom stereocenters. The van der Waals surface area contributed by atoms with Gasteiger partial charge < -0.3 is 15.1 Å². The van der Waals surface area contributed by atoms with Gasteiger partial charge in [-0.1, -0.05) is 54.6 Å². The van der Waals surface area contributed by atoms with Gasteiger partial charge in [0.25, 0.3) is 5.91 Å². The molecule has 1 N–H and O–H groups in total. The molecule has 2 bridgehead atoms. The van der Waals surface area contributed by atoms with Gasteiger partial charge in [-0.25, -0.2) is 14.5 Å². The molecule has 3 aliphatic heterocycles. The minimum atomic E-state index is -4.61. The van der Waals surface area contributed by atoms with Crippen molar-refractivity contribution >= 4 is 29.3 Å². The number of fused-ring (bicyclic) bond motifs is 5. The Hall–Kier alpha value is -4.34. The summed E-state index contributed by atoms with van der Waals surface area (Å²) >= 11 is 0. The summed E-state index contributed by atoms with van der Waals surface area (Å²) in [5.74, 6) is -0.626. The number of halogens is 3. The topological polar surface area (TPSA) is 73.0 Å². The second-order valence-electron chi connectivity index (χ2n) is 9.31. The number of nitrogens with one attached hydrogen (secondary N) is 1. The molecule has 3 atom stereocenters. The SMILES string of the molecule is O=C1[C@H]2[C@@H]3C[C@@H](CN3C(=O)Nc3ccccc3-c3ccccc3)N2C(=O)N1c1cccc(C(F)(F)F)c1. The predicted octanol–water partition coefficient (Wildman–Crippen LogP) is 5.20. The molecule has 10 heteroatoms. The van der Waals surface area contributed by atoms with Gasteiger partial charge in [-0.15, -0.1) is 0 Å². The van der Waals surface area contributed by atoms with Crippen LogP contribution in [0, 0.1) is 0 Å². The number of hydrogen-bond acceptors (Lipinski definition) is 3. The van der Waals surface area contributed by atoms with Crippen molar-refractivity contribution < 1.29 is 27.6 Å². The van der Waals surface area contributed by atoms with E-state index in [2.05, 4.69) is 5.32 Å². The number of urea groups is 2. The number of carbonyl (C=O) groups excluding carboxylic acids is 3. The Kier molecular flexibility index (Phi) is 5.22. The first kappa shape index (κ1) is 23.1. The van der Waals surface area contributed by atoms with Gasteiger partial charge in [-0.3, -0.25) is 4.79 Å². The van der Waals surface area contributed by atoms with Gasteiger partial charge in [-0.05, 0) is 36.2 Å². The fourth-order valence-electron chi connectivity index (χ4n) is 5.60. The van der Waals surface area contributed by atoms with E-state index in [0.717, 1.165) is 28.2 Å². The summed E-state index contributed by atoms with van der Waals surface area (Å²) in [6.45, 7) is 0.232. The van der Waals surface area contributed by atoms with Crippen LogP contribution in [0.5, 0.6) is 0 Å². The summed E-state index contributed by atoms with van der Waals surface area (Å²) < 4.78 is 39.7. The zero-order chi connectivity index (χ0) is 25.9. The van der Waals surface area contributed by atoms with Gasteiger partial charge >= 0.3 is 18.2 Å². The van der Waals surface area contributed by atoms with Crippen molar-refractivity contribution in [3.8, 4) is 11.1 Å². The number of amides is 5. The highest BCUT2D eigenvalue weighted by atomic mass is 19.4. The Bertz CT molecular complexity index is 1410. The van der Waals surface area contributed by atoms with Gasteiger partial charge in [0, 0.05) is 12.1 Å². The number of nitrogens with zero attached hydrogens (tertiary/aromatic N) is 3. The Morgan fingerprint density at radius 3 is 2.41 bits per heavy atom. The van der Waals surface area contributed by atoms with E-state index in [1.54, 1.807) is 11.0 Å². The molecule has 0 aliphatic carbocycles. The third-order valence-corrected chi connectivity index (χ3v) is 7.21. The highest BCUT2D eigenvalue weighted by molar-refractivity contribution is 6.22. The van der Waals surface area contributed by atoms with Crippen molar-refractivity contribution in [1.29, 1.82) is 0 Å². The summed E-state index contributed by atoms with van der Waals surface area (Å²) in [6, 6.07) is 18.2. The highest BCUT2D eigenvalue weighted by Crippen LogP contribution is 2.43. The van der Waals surface area contributed by atoms with E-state index in [9.17, 15) is 27.6 Å². The molecular weight excluding hydrogens is 485 g/mol. The van der Waals surface area contributed by atoms with Gasteiger partial charge in [0.15, 0.2) is 0 Å². The van der Waals surface area contributed by atoms with Crippen LogP contribution in [0.25, 0.3) is 11.1 Å². The van der Waals surface area contributed by atoms with Crippen LogP contribution in [0.15, 0.2) is 78.9 Å². The molecule has 0 spiro atoms. The van der Waals surface area contributed by atoms with E-state index in [-0.39, 0.29) is 12.2 Å². The smallest absolute Gasteiger partial charge is 0.317 e. The van der Waals surface area contributed by atoms with Crippen molar-refractivity contribution in [2.75, 3.05) is 16.8 Å². The summed E-state index contributed by atoms with van der Waals surface area (Å²) in [4.78, 5) is 43.6. The molecule has 0 aromatic heterocycles. The number of piperazine rings is 1. The maximum absolute atomic E-state index is 13.3. The van der Waals surface area contributed by atoms with Gasteiger partial charge in [-0.2, -0.15) is 13.2 Å². The molecule has 3 aromatic carbocycles.